The fourth-order valence-corrected chi connectivity index (χ4v) is 5.31. The molecule has 0 saturated heterocycles. The highest BCUT2D eigenvalue weighted by Crippen LogP contribution is 2.33. The molecule has 4 rings (SSSR count). The number of aryl methyl sites for hydroxylation is 1. The van der Waals surface area contributed by atoms with Gasteiger partial charge in [0.15, 0.2) is 11.8 Å². The first kappa shape index (κ1) is 23.5. The molecule has 0 aliphatic rings. The van der Waals surface area contributed by atoms with E-state index >= 15 is 0 Å². The first-order valence-electron chi connectivity index (χ1n) is 10.2. The normalized spacial score (nSPS) is 11.8. The van der Waals surface area contributed by atoms with Crippen LogP contribution >= 0.6 is 23.5 Å². The maximum Gasteiger partial charge on any atom is 0.422 e. The minimum Gasteiger partial charge on any atom is -0.484 e. The van der Waals surface area contributed by atoms with Crippen LogP contribution in [0.4, 0.5) is 13.2 Å². The molecule has 0 atom stereocenters. The Morgan fingerprint density at radius 3 is 2.55 bits per heavy atom. The molecule has 0 spiro atoms. The number of pyridine rings is 1. The summed E-state index contributed by atoms with van der Waals surface area (Å²) in [4.78, 5) is 13.5. The van der Waals surface area contributed by atoms with Crippen LogP contribution in [0.3, 0.4) is 0 Å². The van der Waals surface area contributed by atoms with Gasteiger partial charge in [0.05, 0.1) is 16.7 Å². The quantitative estimate of drug-likeness (QED) is 0.268. The van der Waals surface area contributed by atoms with E-state index in [1.54, 1.807) is 6.07 Å². The van der Waals surface area contributed by atoms with Crippen molar-refractivity contribution in [2.24, 2.45) is 0 Å². The molecule has 0 aliphatic heterocycles. The minimum absolute atomic E-state index is 0.149. The second-order valence-electron chi connectivity index (χ2n) is 7.53. The molecule has 172 valence electrons. The smallest absolute Gasteiger partial charge is 0.422 e. The van der Waals surface area contributed by atoms with Crippen LogP contribution in [-0.2, 0) is 11.5 Å². The predicted molar refractivity (Wildman–Crippen MR) is 127 cm³/mol. The lowest BCUT2D eigenvalue weighted by molar-refractivity contribution is -0.153. The van der Waals surface area contributed by atoms with Gasteiger partial charge in [0.25, 0.3) is 0 Å². The van der Waals surface area contributed by atoms with E-state index in [-0.39, 0.29) is 5.75 Å². The second kappa shape index (κ2) is 10.1. The topological polar surface area (TPSA) is 50.8 Å². The number of ether oxygens (including phenoxy) is 1. The summed E-state index contributed by atoms with van der Waals surface area (Å²) in [7, 11) is 0. The fourth-order valence-electron chi connectivity index (χ4n) is 3.28. The number of H-pyrrole nitrogens is 1. The third-order valence-electron chi connectivity index (χ3n) is 4.95. The average molecular weight is 490 g/mol. The lowest BCUT2D eigenvalue weighted by atomic mass is 10.2. The highest BCUT2D eigenvalue weighted by Gasteiger charge is 2.28. The SMILES string of the molecule is Cc1cnc(CSc2nc3ccc(OCC(F)(F)F)cc3[nH]2)c(C)c1SCc1ccccc1. The zero-order valence-corrected chi connectivity index (χ0v) is 19.7. The van der Waals surface area contributed by atoms with Crippen LogP contribution in [0.25, 0.3) is 11.0 Å². The number of hydrogen-bond acceptors (Lipinski definition) is 5. The van der Waals surface area contributed by atoms with Crippen LogP contribution in [0.2, 0.25) is 0 Å². The molecule has 33 heavy (non-hydrogen) atoms. The van der Waals surface area contributed by atoms with Gasteiger partial charge in [-0.15, -0.1) is 11.8 Å². The Bertz CT molecular complexity index is 1240. The molecule has 0 fully saturated rings. The summed E-state index contributed by atoms with van der Waals surface area (Å²) in [6, 6.07) is 15.0. The molecule has 2 aromatic heterocycles. The van der Waals surface area contributed by atoms with E-state index in [1.165, 1.54) is 34.4 Å². The zero-order chi connectivity index (χ0) is 23.4. The molecule has 1 N–H and O–H groups in total. The number of benzene rings is 2. The number of aromatic nitrogens is 3. The van der Waals surface area contributed by atoms with Crippen LogP contribution in [0.15, 0.2) is 64.8 Å². The number of nitrogens with zero attached hydrogens (tertiary/aromatic N) is 2. The van der Waals surface area contributed by atoms with Crippen molar-refractivity contribution >= 4 is 34.6 Å². The summed E-state index contributed by atoms with van der Waals surface area (Å²) >= 11 is 3.31. The number of imidazole rings is 1. The molecule has 4 nitrogen and oxygen atoms in total. The van der Waals surface area contributed by atoms with Crippen LogP contribution in [0.1, 0.15) is 22.4 Å². The van der Waals surface area contributed by atoms with Crippen molar-refractivity contribution in [1.82, 2.24) is 15.0 Å². The summed E-state index contributed by atoms with van der Waals surface area (Å²) in [5.74, 6) is 1.67. The summed E-state index contributed by atoms with van der Waals surface area (Å²) in [5, 5.41) is 0.679. The Kier molecular flexibility index (Phi) is 7.19. The number of hydrogen-bond donors (Lipinski definition) is 1. The Morgan fingerprint density at radius 2 is 1.79 bits per heavy atom. The molecule has 9 heteroatoms. The van der Waals surface area contributed by atoms with Gasteiger partial charge in [-0.3, -0.25) is 4.98 Å². The molecule has 2 aromatic carbocycles. The van der Waals surface area contributed by atoms with Crippen molar-refractivity contribution < 1.29 is 17.9 Å². The third kappa shape index (κ3) is 6.23. The lowest BCUT2D eigenvalue weighted by Crippen LogP contribution is -2.19. The van der Waals surface area contributed by atoms with Gasteiger partial charge in [-0.05, 0) is 42.7 Å². The largest absolute Gasteiger partial charge is 0.484 e. The molecule has 2 heterocycles. The van der Waals surface area contributed by atoms with Crippen LogP contribution in [0, 0.1) is 13.8 Å². The van der Waals surface area contributed by atoms with E-state index < -0.39 is 12.8 Å². The standard InChI is InChI=1S/C24H22F3N3OS2/c1-15-11-28-21(16(2)22(15)32-12-17-6-4-3-5-7-17)13-33-23-29-19-9-8-18(10-20(19)30-23)31-14-24(25,26)27/h3-11H,12-14H2,1-2H3,(H,29,30). The Hall–Kier alpha value is -2.65. The number of rotatable bonds is 8. The number of thioether (sulfide) groups is 2. The highest BCUT2D eigenvalue weighted by molar-refractivity contribution is 7.98. The molecule has 0 aliphatic carbocycles. The number of fused-ring (bicyclic) bond motifs is 1. The van der Waals surface area contributed by atoms with E-state index in [0.29, 0.717) is 21.9 Å². The summed E-state index contributed by atoms with van der Waals surface area (Å²) in [6.45, 7) is 2.84. The Morgan fingerprint density at radius 1 is 1.00 bits per heavy atom. The molecular formula is C24H22F3N3OS2. The molecule has 0 saturated carbocycles. The van der Waals surface area contributed by atoms with Gasteiger partial charge in [0.2, 0.25) is 0 Å². The number of aromatic amines is 1. The maximum absolute atomic E-state index is 12.4. The van der Waals surface area contributed by atoms with Crippen LogP contribution in [0.5, 0.6) is 5.75 Å². The molecule has 4 aromatic rings. The van der Waals surface area contributed by atoms with E-state index in [2.05, 4.69) is 40.9 Å². The molecular weight excluding hydrogens is 467 g/mol. The Balaban J connectivity index is 1.44. The zero-order valence-electron chi connectivity index (χ0n) is 18.1. The fraction of sp³-hybridized carbons (Fsp3) is 0.250. The number of alkyl halides is 3. The van der Waals surface area contributed by atoms with E-state index in [9.17, 15) is 13.2 Å². The van der Waals surface area contributed by atoms with Crippen molar-refractivity contribution in [3.8, 4) is 5.75 Å². The highest BCUT2D eigenvalue weighted by atomic mass is 32.2. The Labute approximate surface area is 198 Å². The van der Waals surface area contributed by atoms with Crippen molar-refractivity contribution in [2.75, 3.05) is 6.61 Å². The van der Waals surface area contributed by atoms with Crippen LogP contribution < -0.4 is 4.74 Å². The van der Waals surface area contributed by atoms with Gasteiger partial charge in [-0.2, -0.15) is 13.2 Å². The van der Waals surface area contributed by atoms with Crippen molar-refractivity contribution in [3.05, 3.63) is 77.1 Å². The van der Waals surface area contributed by atoms with Crippen molar-refractivity contribution in [2.45, 2.75) is 41.6 Å². The minimum atomic E-state index is -4.37. The first-order chi connectivity index (χ1) is 15.8. The van der Waals surface area contributed by atoms with Gasteiger partial charge in [-0.1, -0.05) is 42.1 Å². The van der Waals surface area contributed by atoms with E-state index in [1.807, 2.05) is 36.2 Å². The second-order valence-corrected chi connectivity index (χ2v) is 9.48. The van der Waals surface area contributed by atoms with Gasteiger partial charge in [0, 0.05) is 28.7 Å². The molecule has 0 radical (unpaired) electrons. The maximum atomic E-state index is 12.4. The summed E-state index contributed by atoms with van der Waals surface area (Å²) in [5.41, 5.74) is 5.86. The van der Waals surface area contributed by atoms with Gasteiger partial charge in [-0.25, -0.2) is 4.98 Å². The van der Waals surface area contributed by atoms with Crippen molar-refractivity contribution in [3.63, 3.8) is 0 Å². The van der Waals surface area contributed by atoms with Crippen molar-refractivity contribution in [1.29, 1.82) is 0 Å². The molecule has 0 unspecified atom stereocenters. The monoisotopic (exact) mass is 489 g/mol. The molecule has 0 bridgehead atoms. The van der Waals surface area contributed by atoms with E-state index in [4.69, 9.17) is 4.74 Å². The van der Waals surface area contributed by atoms with E-state index in [0.717, 1.165) is 22.6 Å². The number of halogens is 3. The lowest BCUT2D eigenvalue weighted by Gasteiger charge is -2.13. The predicted octanol–water partition coefficient (Wildman–Crippen LogP) is 7.10. The van der Waals surface area contributed by atoms with Gasteiger partial charge in [0.1, 0.15) is 5.75 Å². The van der Waals surface area contributed by atoms with Crippen LogP contribution in [-0.4, -0.2) is 27.7 Å². The third-order valence-corrected chi connectivity index (χ3v) is 7.23. The average Bonchev–Trinajstić information content (AvgIpc) is 3.19. The van der Waals surface area contributed by atoms with Gasteiger partial charge >= 0.3 is 6.18 Å². The summed E-state index contributed by atoms with van der Waals surface area (Å²) < 4.78 is 42.0. The number of nitrogens with one attached hydrogen (secondary N) is 1. The van der Waals surface area contributed by atoms with Gasteiger partial charge < -0.3 is 9.72 Å². The first-order valence-corrected chi connectivity index (χ1v) is 12.2. The molecule has 0 amide bonds. The summed E-state index contributed by atoms with van der Waals surface area (Å²) in [6.07, 6.45) is -2.47.